The summed E-state index contributed by atoms with van der Waals surface area (Å²) in [5.74, 6) is 0.712. The van der Waals surface area contributed by atoms with Crippen LogP contribution in [0, 0.1) is 0 Å². The third kappa shape index (κ3) is 4.00. The highest BCUT2D eigenvalue weighted by atomic mass is 16.5. The summed E-state index contributed by atoms with van der Waals surface area (Å²) in [4.78, 5) is 38.7. The molecule has 1 aromatic rings. The molecule has 1 aromatic carbocycles. The van der Waals surface area contributed by atoms with Gasteiger partial charge in [-0.05, 0) is 30.5 Å². The van der Waals surface area contributed by atoms with Crippen LogP contribution in [-0.2, 0) is 20.8 Å². The Balaban J connectivity index is 1.42. The second-order valence-corrected chi connectivity index (χ2v) is 6.60. The first-order valence-electron chi connectivity index (χ1n) is 8.93. The molecular weight excluding hydrogens is 320 g/mol. The Morgan fingerprint density at radius 2 is 1.76 bits per heavy atom. The minimum Gasteiger partial charge on any atom is -0.494 e. The molecule has 6 heteroatoms. The van der Waals surface area contributed by atoms with Crippen molar-refractivity contribution >= 4 is 17.7 Å². The summed E-state index contributed by atoms with van der Waals surface area (Å²) in [7, 11) is 0. The van der Waals surface area contributed by atoms with Crippen LogP contribution in [0.3, 0.4) is 0 Å². The van der Waals surface area contributed by atoms with E-state index in [1.807, 2.05) is 24.3 Å². The fourth-order valence-corrected chi connectivity index (χ4v) is 3.21. The summed E-state index contributed by atoms with van der Waals surface area (Å²) in [5, 5.41) is 0. The average molecular weight is 344 g/mol. The first-order chi connectivity index (χ1) is 12.1. The van der Waals surface area contributed by atoms with Crippen molar-refractivity contribution in [3.05, 3.63) is 29.8 Å². The number of hydrogen-bond acceptors (Lipinski definition) is 4. The van der Waals surface area contributed by atoms with Crippen LogP contribution in [0.15, 0.2) is 24.3 Å². The highest BCUT2D eigenvalue weighted by Gasteiger charge is 2.42. The van der Waals surface area contributed by atoms with Crippen LogP contribution in [0.25, 0.3) is 0 Å². The van der Waals surface area contributed by atoms with Gasteiger partial charge in [0.15, 0.2) is 0 Å². The third-order valence-corrected chi connectivity index (χ3v) is 4.69. The lowest BCUT2D eigenvalue weighted by atomic mass is 10.0. The zero-order valence-corrected chi connectivity index (χ0v) is 14.6. The number of imide groups is 1. The van der Waals surface area contributed by atoms with E-state index in [9.17, 15) is 14.4 Å². The fraction of sp³-hybridized carbons (Fsp3) is 0.526. The van der Waals surface area contributed by atoms with E-state index in [0.717, 1.165) is 17.7 Å². The molecule has 0 N–H and O–H groups in total. The van der Waals surface area contributed by atoms with Crippen molar-refractivity contribution in [1.29, 1.82) is 0 Å². The number of nitrogens with zero attached hydrogens (tertiary/aromatic N) is 2. The lowest BCUT2D eigenvalue weighted by Crippen LogP contribution is -2.62. The molecular formula is C19H24N2O4. The number of benzene rings is 1. The Hall–Kier alpha value is -2.37. The van der Waals surface area contributed by atoms with Gasteiger partial charge in [-0.3, -0.25) is 19.3 Å². The van der Waals surface area contributed by atoms with Crippen LogP contribution in [-0.4, -0.2) is 53.3 Å². The normalized spacial score (nSPS) is 17.8. The topological polar surface area (TPSA) is 66.9 Å². The van der Waals surface area contributed by atoms with E-state index in [0.29, 0.717) is 45.4 Å². The van der Waals surface area contributed by atoms with Crippen LogP contribution in [0.5, 0.6) is 5.75 Å². The number of ether oxygens (including phenoxy) is 1. The Labute approximate surface area is 147 Å². The van der Waals surface area contributed by atoms with Gasteiger partial charge in [-0.2, -0.15) is 0 Å². The monoisotopic (exact) mass is 344 g/mol. The van der Waals surface area contributed by atoms with Crippen molar-refractivity contribution in [2.45, 2.75) is 45.1 Å². The van der Waals surface area contributed by atoms with Gasteiger partial charge in [0.2, 0.25) is 17.7 Å². The van der Waals surface area contributed by atoms with Crippen molar-refractivity contribution in [2.24, 2.45) is 0 Å². The maximum Gasteiger partial charge on any atom is 0.230 e. The molecule has 2 aliphatic rings. The number of rotatable bonds is 7. The number of likely N-dealkylation sites (tertiary alicyclic amines) is 2. The van der Waals surface area contributed by atoms with E-state index < -0.39 is 0 Å². The van der Waals surface area contributed by atoms with E-state index in [-0.39, 0.29) is 23.8 Å². The Bertz CT molecular complexity index is 634. The predicted octanol–water partition coefficient (Wildman–Crippen LogP) is 1.77. The first kappa shape index (κ1) is 17.5. The van der Waals surface area contributed by atoms with Gasteiger partial charge in [-0.1, -0.05) is 19.1 Å². The van der Waals surface area contributed by atoms with Crippen molar-refractivity contribution in [3.63, 3.8) is 0 Å². The van der Waals surface area contributed by atoms with E-state index in [4.69, 9.17) is 4.74 Å². The van der Waals surface area contributed by atoms with Crippen LogP contribution in [0.2, 0.25) is 0 Å². The molecule has 25 heavy (non-hydrogen) atoms. The summed E-state index contributed by atoms with van der Waals surface area (Å²) in [6, 6.07) is 7.71. The largest absolute Gasteiger partial charge is 0.494 e. The standard InChI is InChI=1S/C19H24N2O4/c1-2-11-25-16-6-3-14(4-7-16)5-8-17(22)20-12-15(13-20)21-18(23)9-10-19(21)24/h3-4,6-7,15H,2,5,8-13H2,1H3. The molecule has 134 valence electrons. The number of amides is 3. The van der Waals surface area contributed by atoms with Gasteiger partial charge in [-0.15, -0.1) is 0 Å². The van der Waals surface area contributed by atoms with Crippen LogP contribution >= 0.6 is 0 Å². The first-order valence-corrected chi connectivity index (χ1v) is 8.93. The Kier molecular flexibility index (Phi) is 5.36. The highest BCUT2D eigenvalue weighted by Crippen LogP contribution is 2.23. The van der Waals surface area contributed by atoms with Gasteiger partial charge in [0.25, 0.3) is 0 Å². The molecule has 2 saturated heterocycles. The van der Waals surface area contributed by atoms with Crippen molar-refractivity contribution < 1.29 is 19.1 Å². The molecule has 0 aromatic heterocycles. The zero-order chi connectivity index (χ0) is 17.8. The molecule has 0 unspecified atom stereocenters. The fourth-order valence-electron chi connectivity index (χ4n) is 3.21. The average Bonchev–Trinajstić information content (AvgIpc) is 2.90. The van der Waals surface area contributed by atoms with Gasteiger partial charge >= 0.3 is 0 Å². The summed E-state index contributed by atoms with van der Waals surface area (Å²) in [6.07, 6.45) is 2.70. The molecule has 0 radical (unpaired) electrons. The summed E-state index contributed by atoms with van der Waals surface area (Å²) in [5.41, 5.74) is 1.10. The molecule has 0 spiro atoms. The van der Waals surface area contributed by atoms with E-state index in [1.54, 1.807) is 4.90 Å². The summed E-state index contributed by atoms with van der Waals surface area (Å²) in [6.45, 7) is 3.71. The van der Waals surface area contributed by atoms with Crippen molar-refractivity contribution in [3.8, 4) is 5.75 Å². The minimum atomic E-state index is -0.124. The Morgan fingerprint density at radius 1 is 1.12 bits per heavy atom. The molecule has 0 saturated carbocycles. The SMILES string of the molecule is CCCOc1ccc(CCC(=O)N2CC(N3C(=O)CCC3=O)C2)cc1. The molecule has 2 fully saturated rings. The van der Waals surface area contributed by atoms with Crippen LogP contribution in [0.4, 0.5) is 0 Å². The number of aryl methyl sites for hydroxylation is 1. The molecule has 0 atom stereocenters. The second kappa shape index (κ2) is 7.68. The lowest BCUT2D eigenvalue weighted by Gasteiger charge is -2.43. The smallest absolute Gasteiger partial charge is 0.230 e. The third-order valence-electron chi connectivity index (χ3n) is 4.69. The van der Waals surface area contributed by atoms with E-state index >= 15 is 0 Å². The number of hydrogen-bond donors (Lipinski definition) is 0. The van der Waals surface area contributed by atoms with E-state index in [2.05, 4.69) is 6.92 Å². The van der Waals surface area contributed by atoms with Gasteiger partial charge in [0.1, 0.15) is 5.75 Å². The van der Waals surface area contributed by atoms with Gasteiger partial charge in [0, 0.05) is 32.4 Å². The Morgan fingerprint density at radius 3 is 2.36 bits per heavy atom. The number of carbonyl (C=O) groups is 3. The van der Waals surface area contributed by atoms with Gasteiger partial charge < -0.3 is 9.64 Å². The van der Waals surface area contributed by atoms with Gasteiger partial charge in [-0.25, -0.2) is 0 Å². The summed E-state index contributed by atoms with van der Waals surface area (Å²) >= 11 is 0. The van der Waals surface area contributed by atoms with Crippen LogP contribution in [0.1, 0.15) is 38.2 Å². The molecule has 3 rings (SSSR count). The van der Waals surface area contributed by atoms with Gasteiger partial charge in [0.05, 0.1) is 12.6 Å². The highest BCUT2D eigenvalue weighted by molar-refractivity contribution is 6.02. The second-order valence-electron chi connectivity index (χ2n) is 6.60. The van der Waals surface area contributed by atoms with Crippen molar-refractivity contribution in [2.75, 3.05) is 19.7 Å². The molecule has 3 amide bonds. The van der Waals surface area contributed by atoms with Crippen LogP contribution < -0.4 is 4.74 Å². The molecule has 6 nitrogen and oxygen atoms in total. The zero-order valence-electron chi connectivity index (χ0n) is 14.6. The molecule has 2 heterocycles. The summed E-state index contributed by atoms with van der Waals surface area (Å²) < 4.78 is 5.54. The maximum atomic E-state index is 12.2. The predicted molar refractivity (Wildman–Crippen MR) is 92.0 cm³/mol. The van der Waals surface area contributed by atoms with Crippen molar-refractivity contribution in [1.82, 2.24) is 9.80 Å². The maximum absolute atomic E-state index is 12.2. The lowest BCUT2D eigenvalue weighted by molar-refractivity contribution is -0.151. The minimum absolute atomic E-state index is 0.0710. The quantitative estimate of drug-likeness (QED) is 0.707. The molecule has 0 aliphatic carbocycles. The number of carbonyl (C=O) groups excluding carboxylic acids is 3. The molecule has 0 bridgehead atoms. The molecule has 2 aliphatic heterocycles. The van der Waals surface area contributed by atoms with E-state index in [1.165, 1.54) is 4.90 Å².